The summed E-state index contributed by atoms with van der Waals surface area (Å²) in [6.45, 7) is 0.310. The largest absolute Gasteiger partial charge is 0.350 e. The molecule has 0 heterocycles. The molecule has 1 fully saturated rings. The van der Waals surface area contributed by atoms with Gasteiger partial charge in [-0.25, -0.2) is 8.42 Å². The summed E-state index contributed by atoms with van der Waals surface area (Å²) >= 11 is 0. The number of nitrogens with one attached hydrogen (secondary N) is 1. The summed E-state index contributed by atoms with van der Waals surface area (Å²) in [5.74, 6) is -0.263. The van der Waals surface area contributed by atoms with Crippen molar-refractivity contribution in [2.24, 2.45) is 5.73 Å². The number of amides is 1. The fourth-order valence-electron chi connectivity index (χ4n) is 3.31. The Labute approximate surface area is 166 Å². The van der Waals surface area contributed by atoms with Gasteiger partial charge in [0.2, 0.25) is 0 Å². The van der Waals surface area contributed by atoms with Crippen LogP contribution in [-0.4, -0.2) is 26.1 Å². The van der Waals surface area contributed by atoms with Crippen molar-refractivity contribution in [2.45, 2.75) is 41.9 Å². The fourth-order valence-corrected chi connectivity index (χ4v) is 5.16. The maximum absolute atomic E-state index is 12.6. The minimum atomic E-state index is -3.29. The van der Waals surface area contributed by atoms with Crippen LogP contribution in [0.4, 0.5) is 0 Å². The summed E-state index contributed by atoms with van der Waals surface area (Å²) in [6.07, 6.45) is 3.38. The smallest absolute Gasteiger partial charge is 0.251 e. The van der Waals surface area contributed by atoms with Gasteiger partial charge in [-0.3, -0.25) is 4.79 Å². The molecule has 7 heteroatoms. The first-order chi connectivity index (χ1) is 12.5. The summed E-state index contributed by atoms with van der Waals surface area (Å²) in [5.41, 5.74) is 7.45. The Morgan fingerprint density at radius 2 is 1.63 bits per heavy atom. The van der Waals surface area contributed by atoms with E-state index in [2.05, 4.69) is 5.32 Å². The van der Waals surface area contributed by atoms with Crippen LogP contribution in [0.2, 0.25) is 0 Å². The Kier molecular flexibility index (Phi) is 7.41. The third-order valence-electron chi connectivity index (χ3n) is 4.90. The van der Waals surface area contributed by atoms with E-state index in [1.165, 1.54) is 12.1 Å². The van der Waals surface area contributed by atoms with E-state index in [-0.39, 0.29) is 29.6 Å². The van der Waals surface area contributed by atoms with E-state index in [4.69, 9.17) is 5.73 Å². The quantitative estimate of drug-likeness (QED) is 0.767. The van der Waals surface area contributed by atoms with Crippen molar-refractivity contribution in [3.05, 3.63) is 65.7 Å². The number of halogens is 1. The van der Waals surface area contributed by atoms with E-state index in [1.807, 2.05) is 30.3 Å². The van der Waals surface area contributed by atoms with E-state index in [1.54, 1.807) is 12.1 Å². The summed E-state index contributed by atoms with van der Waals surface area (Å²) < 4.78 is 25.1. The molecule has 1 atom stereocenters. The van der Waals surface area contributed by atoms with Gasteiger partial charge in [-0.15, -0.1) is 12.4 Å². The number of benzene rings is 2. The highest BCUT2D eigenvalue weighted by Gasteiger charge is 2.30. The molecule has 27 heavy (non-hydrogen) atoms. The van der Waals surface area contributed by atoms with Crippen LogP contribution in [0.15, 0.2) is 59.5 Å². The molecule has 1 amide bonds. The number of nitrogens with two attached hydrogens (primary N) is 1. The number of carbonyl (C=O) groups is 1. The van der Waals surface area contributed by atoms with Crippen LogP contribution >= 0.6 is 12.4 Å². The first-order valence-corrected chi connectivity index (χ1v) is 10.5. The number of rotatable bonds is 6. The first kappa shape index (κ1) is 21.4. The summed E-state index contributed by atoms with van der Waals surface area (Å²) in [5, 5.41) is 2.51. The molecule has 0 aromatic heterocycles. The van der Waals surface area contributed by atoms with Gasteiger partial charge >= 0.3 is 0 Å². The van der Waals surface area contributed by atoms with Crippen LogP contribution in [0.1, 0.15) is 47.6 Å². The Balaban J connectivity index is 0.00000261. The Bertz CT molecular complexity index is 849. The minimum absolute atomic E-state index is 0. The molecule has 146 valence electrons. The summed E-state index contributed by atoms with van der Waals surface area (Å²) in [7, 11) is -3.29. The predicted octanol–water partition coefficient (Wildman–Crippen LogP) is 3.25. The molecule has 0 bridgehead atoms. The minimum Gasteiger partial charge on any atom is -0.350 e. The molecule has 0 spiro atoms. The van der Waals surface area contributed by atoms with Gasteiger partial charge < -0.3 is 11.1 Å². The van der Waals surface area contributed by atoms with Gasteiger partial charge in [0.1, 0.15) is 0 Å². The molecular formula is C20H25ClN2O3S. The standard InChI is InChI=1S/C20H24N2O3S.ClH/c21-19(15-6-2-1-3-7-15)14-22-20(23)16-10-12-18(13-11-16)26(24,25)17-8-4-5-9-17;/h1-3,6-7,10-13,17,19H,4-5,8-9,14,21H2,(H,22,23);1H. The van der Waals surface area contributed by atoms with Gasteiger partial charge in [0.05, 0.1) is 10.1 Å². The van der Waals surface area contributed by atoms with E-state index < -0.39 is 9.84 Å². The van der Waals surface area contributed by atoms with Gasteiger partial charge in [-0.1, -0.05) is 43.2 Å². The predicted molar refractivity (Wildman–Crippen MR) is 109 cm³/mol. The molecular weight excluding hydrogens is 384 g/mol. The highest BCUT2D eigenvalue weighted by Crippen LogP contribution is 2.29. The molecule has 3 rings (SSSR count). The van der Waals surface area contributed by atoms with Gasteiger partial charge in [0.15, 0.2) is 9.84 Å². The normalized spacial score (nSPS) is 15.7. The number of carbonyl (C=O) groups excluding carboxylic acids is 1. The number of sulfone groups is 1. The van der Waals surface area contributed by atoms with Crippen molar-refractivity contribution in [1.82, 2.24) is 5.32 Å². The van der Waals surface area contributed by atoms with Crippen molar-refractivity contribution in [3.8, 4) is 0 Å². The molecule has 5 nitrogen and oxygen atoms in total. The second-order valence-corrected chi connectivity index (χ2v) is 8.93. The SMILES string of the molecule is Cl.NC(CNC(=O)c1ccc(S(=O)(=O)C2CCCC2)cc1)c1ccccc1. The second-order valence-electron chi connectivity index (χ2n) is 6.70. The average Bonchev–Trinajstić information content (AvgIpc) is 3.22. The van der Waals surface area contributed by atoms with Crippen LogP contribution in [0.3, 0.4) is 0 Å². The lowest BCUT2D eigenvalue weighted by Gasteiger charge is -2.14. The summed E-state index contributed by atoms with van der Waals surface area (Å²) in [4.78, 5) is 12.6. The highest BCUT2D eigenvalue weighted by atomic mass is 35.5. The lowest BCUT2D eigenvalue weighted by Crippen LogP contribution is -2.31. The highest BCUT2D eigenvalue weighted by molar-refractivity contribution is 7.92. The average molecular weight is 409 g/mol. The second kappa shape index (κ2) is 9.35. The summed E-state index contributed by atoms with van der Waals surface area (Å²) in [6, 6.07) is 15.4. The van der Waals surface area contributed by atoms with Gasteiger partial charge in [0, 0.05) is 18.2 Å². The molecule has 0 radical (unpaired) electrons. The Morgan fingerprint density at radius 1 is 1.04 bits per heavy atom. The maximum atomic E-state index is 12.6. The molecule has 2 aromatic carbocycles. The lowest BCUT2D eigenvalue weighted by atomic mass is 10.1. The fraction of sp³-hybridized carbons (Fsp3) is 0.350. The zero-order valence-corrected chi connectivity index (χ0v) is 16.6. The van der Waals surface area contributed by atoms with Crippen molar-refractivity contribution in [2.75, 3.05) is 6.54 Å². The van der Waals surface area contributed by atoms with Crippen molar-refractivity contribution < 1.29 is 13.2 Å². The zero-order chi connectivity index (χ0) is 18.6. The lowest BCUT2D eigenvalue weighted by molar-refractivity contribution is 0.0951. The van der Waals surface area contributed by atoms with Gasteiger partial charge in [0.25, 0.3) is 5.91 Å². The molecule has 0 saturated heterocycles. The zero-order valence-electron chi connectivity index (χ0n) is 15.0. The van der Waals surface area contributed by atoms with Crippen LogP contribution < -0.4 is 11.1 Å². The third kappa shape index (κ3) is 5.09. The van der Waals surface area contributed by atoms with Crippen molar-refractivity contribution >= 4 is 28.2 Å². The Morgan fingerprint density at radius 3 is 2.22 bits per heavy atom. The first-order valence-electron chi connectivity index (χ1n) is 8.91. The third-order valence-corrected chi connectivity index (χ3v) is 7.17. The van der Waals surface area contributed by atoms with Crippen LogP contribution in [0, 0.1) is 0 Å². The van der Waals surface area contributed by atoms with E-state index >= 15 is 0 Å². The molecule has 0 aliphatic heterocycles. The molecule has 1 unspecified atom stereocenters. The maximum Gasteiger partial charge on any atom is 0.251 e. The van der Waals surface area contributed by atoms with Crippen LogP contribution in [0.25, 0.3) is 0 Å². The molecule has 2 aromatic rings. The van der Waals surface area contributed by atoms with Gasteiger partial charge in [-0.05, 0) is 42.7 Å². The number of hydrogen-bond donors (Lipinski definition) is 2. The molecule has 1 aliphatic carbocycles. The molecule has 1 saturated carbocycles. The Hall–Kier alpha value is -1.89. The monoisotopic (exact) mass is 408 g/mol. The van der Waals surface area contributed by atoms with Gasteiger partial charge in [-0.2, -0.15) is 0 Å². The van der Waals surface area contributed by atoms with Crippen molar-refractivity contribution in [3.63, 3.8) is 0 Å². The number of hydrogen-bond acceptors (Lipinski definition) is 4. The van der Waals surface area contributed by atoms with Crippen LogP contribution in [0.5, 0.6) is 0 Å². The van der Waals surface area contributed by atoms with Crippen molar-refractivity contribution in [1.29, 1.82) is 0 Å². The topological polar surface area (TPSA) is 89.3 Å². The molecule has 3 N–H and O–H groups in total. The van der Waals surface area contributed by atoms with Crippen LogP contribution in [-0.2, 0) is 9.84 Å². The van der Waals surface area contributed by atoms with E-state index in [0.29, 0.717) is 17.0 Å². The molecule has 1 aliphatic rings. The van der Waals surface area contributed by atoms with E-state index in [9.17, 15) is 13.2 Å². The van der Waals surface area contributed by atoms with E-state index in [0.717, 1.165) is 31.2 Å².